The summed E-state index contributed by atoms with van der Waals surface area (Å²) >= 11 is 0. The number of rotatable bonds is 3. The average molecular weight is 256 g/mol. The Balaban J connectivity index is 3.25. The monoisotopic (exact) mass is 256 g/mol. The lowest BCUT2D eigenvalue weighted by atomic mass is 10.2. The molecule has 17 heavy (non-hydrogen) atoms. The fourth-order valence-corrected chi connectivity index (χ4v) is 0.973. The summed E-state index contributed by atoms with van der Waals surface area (Å²) in [6.07, 6.45) is -2.26. The zero-order chi connectivity index (χ0) is 13.3. The van der Waals surface area contributed by atoms with Gasteiger partial charge in [-0.15, -0.1) is 0 Å². The third-order valence-corrected chi connectivity index (χ3v) is 2.15. The van der Waals surface area contributed by atoms with Crippen LogP contribution in [0.1, 0.15) is 13.8 Å². The third-order valence-electron chi connectivity index (χ3n) is 2.15. The molecule has 0 radical (unpaired) electrons. The first-order valence-electron chi connectivity index (χ1n) is 4.63. The molecule has 0 bridgehead atoms. The molecule has 1 aromatic rings. The van der Waals surface area contributed by atoms with E-state index >= 15 is 0 Å². The highest BCUT2D eigenvalue weighted by atomic mass is 19.2. The van der Waals surface area contributed by atoms with Crippen molar-refractivity contribution in [3.63, 3.8) is 0 Å². The minimum atomic E-state index is -2.25. The molecule has 0 saturated heterocycles. The predicted octanol–water partition coefficient (Wildman–Crippen LogP) is 2.53. The molecule has 0 aliphatic carbocycles. The van der Waals surface area contributed by atoms with Gasteiger partial charge in [0.1, 0.15) is 6.10 Å². The Bertz CT molecular complexity index is 404. The quantitative estimate of drug-likeness (QED) is 0.511. The predicted molar refractivity (Wildman–Crippen MR) is 48.0 cm³/mol. The van der Waals surface area contributed by atoms with Crippen molar-refractivity contribution in [3.05, 3.63) is 29.1 Å². The van der Waals surface area contributed by atoms with E-state index < -0.39 is 47.0 Å². The average Bonchev–Trinajstić information content (AvgIpc) is 2.29. The summed E-state index contributed by atoms with van der Waals surface area (Å²) in [4.78, 5) is 0. The van der Waals surface area contributed by atoms with E-state index in [1.807, 2.05) is 0 Å². The number of hydrogen-bond acceptors (Lipinski definition) is 2. The van der Waals surface area contributed by atoms with Crippen LogP contribution in [0.4, 0.5) is 22.0 Å². The van der Waals surface area contributed by atoms with Crippen LogP contribution in [-0.4, -0.2) is 17.3 Å². The molecule has 0 aliphatic heterocycles. The Labute approximate surface area is 93.6 Å². The van der Waals surface area contributed by atoms with Gasteiger partial charge < -0.3 is 9.84 Å². The van der Waals surface area contributed by atoms with Gasteiger partial charge in [-0.1, -0.05) is 0 Å². The Morgan fingerprint density at radius 3 is 1.53 bits per heavy atom. The topological polar surface area (TPSA) is 29.5 Å². The molecule has 1 N–H and O–H groups in total. The Morgan fingerprint density at radius 1 is 0.824 bits per heavy atom. The van der Waals surface area contributed by atoms with Gasteiger partial charge in [0.25, 0.3) is 0 Å². The van der Waals surface area contributed by atoms with E-state index in [0.717, 1.165) is 0 Å². The van der Waals surface area contributed by atoms with E-state index in [1.165, 1.54) is 13.8 Å². The molecule has 1 rings (SSSR count). The van der Waals surface area contributed by atoms with Gasteiger partial charge in [-0.05, 0) is 13.8 Å². The summed E-state index contributed by atoms with van der Waals surface area (Å²) in [6, 6.07) is 0. The van der Waals surface area contributed by atoms with E-state index in [-0.39, 0.29) is 0 Å². The molecule has 0 aromatic heterocycles. The summed E-state index contributed by atoms with van der Waals surface area (Å²) in [6.45, 7) is 2.47. The first-order valence-corrected chi connectivity index (χ1v) is 4.63. The van der Waals surface area contributed by atoms with Crippen LogP contribution in [0.3, 0.4) is 0 Å². The summed E-state index contributed by atoms with van der Waals surface area (Å²) in [7, 11) is 0. The lowest BCUT2D eigenvalue weighted by Gasteiger charge is -2.18. The standard InChI is InChI=1S/C10H9F5O2/c1-3(16)4(2)17-10-8(14)6(12)5(11)7(13)9(10)15/h3-4,16H,1-2H3. The normalized spacial score (nSPS) is 14.6. The third kappa shape index (κ3) is 2.49. The molecule has 0 amide bonds. The Kier molecular flexibility index (Phi) is 3.92. The molecule has 0 fully saturated rings. The lowest BCUT2D eigenvalue weighted by Crippen LogP contribution is -2.27. The fraction of sp³-hybridized carbons (Fsp3) is 0.400. The summed E-state index contributed by atoms with van der Waals surface area (Å²) in [5.74, 6) is -11.9. The van der Waals surface area contributed by atoms with Crippen molar-refractivity contribution in [2.75, 3.05) is 0 Å². The Morgan fingerprint density at radius 2 is 1.18 bits per heavy atom. The van der Waals surface area contributed by atoms with E-state index in [0.29, 0.717) is 0 Å². The van der Waals surface area contributed by atoms with E-state index in [9.17, 15) is 22.0 Å². The molecule has 96 valence electrons. The van der Waals surface area contributed by atoms with Gasteiger partial charge >= 0.3 is 0 Å². The second-order valence-electron chi connectivity index (χ2n) is 3.46. The van der Waals surface area contributed by atoms with E-state index in [2.05, 4.69) is 4.74 Å². The summed E-state index contributed by atoms with van der Waals surface area (Å²) in [5.41, 5.74) is 0. The van der Waals surface area contributed by atoms with E-state index in [4.69, 9.17) is 5.11 Å². The molecule has 2 unspecified atom stereocenters. The van der Waals surface area contributed by atoms with E-state index in [1.54, 1.807) is 0 Å². The fourth-order valence-electron chi connectivity index (χ4n) is 0.973. The maximum Gasteiger partial charge on any atom is 0.207 e. The Hall–Kier alpha value is -1.37. The largest absolute Gasteiger partial charge is 0.482 e. The van der Waals surface area contributed by atoms with Crippen LogP contribution in [0.2, 0.25) is 0 Å². The zero-order valence-electron chi connectivity index (χ0n) is 8.90. The molecular formula is C10H9F5O2. The van der Waals surface area contributed by atoms with Gasteiger partial charge in [-0.2, -0.15) is 8.78 Å². The molecule has 2 atom stereocenters. The second kappa shape index (κ2) is 4.87. The van der Waals surface area contributed by atoms with Gasteiger partial charge in [0.05, 0.1) is 6.10 Å². The van der Waals surface area contributed by atoms with Crippen LogP contribution >= 0.6 is 0 Å². The molecule has 0 spiro atoms. The lowest BCUT2D eigenvalue weighted by molar-refractivity contribution is 0.0535. The minimum Gasteiger partial charge on any atom is -0.482 e. The van der Waals surface area contributed by atoms with Crippen LogP contribution < -0.4 is 4.74 Å². The number of benzene rings is 1. The van der Waals surface area contributed by atoms with Crippen LogP contribution in [-0.2, 0) is 0 Å². The van der Waals surface area contributed by atoms with Crippen molar-refractivity contribution in [2.24, 2.45) is 0 Å². The highest BCUT2D eigenvalue weighted by molar-refractivity contribution is 5.30. The first kappa shape index (κ1) is 13.7. The number of ether oxygens (including phenoxy) is 1. The smallest absolute Gasteiger partial charge is 0.207 e. The van der Waals surface area contributed by atoms with Gasteiger partial charge in [0.15, 0.2) is 5.75 Å². The SMILES string of the molecule is CC(O)C(C)Oc1c(F)c(F)c(F)c(F)c1F. The van der Waals surface area contributed by atoms with Crippen LogP contribution in [0.25, 0.3) is 0 Å². The van der Waals surface area contributed by atoms with Gasteiger partial charge in [0, 0.05) is 0 Å². The van der Waals surface area contributed by atoms with Crippen molar-refractivity contribution in [1.82, 2.24) is 0 Å². The molecular weight excluding hydrogens is 247 g/mol. The molecule has 0 heterocycles. The van der Waals surface area contributed by atoms with Crippen molar-refractivity contribution in [3.8, 4) is 5.75 Å². The number of hydrogen-bond donors (Lipinski definition) is 1. The van der Waals surface area contributed by atoms with Crippen molar-refractivity contribution < 1.29 is 31.8 Å². The molecule has 0 saturated carbocycles. The molecule has 2 nitrogen and oxygen atoms in total. The highest BCUT2D eigenvalue weighted by Crippen LogP contribution is 2.30. The first-order chi connectivity index (χ1) is 7.77. The second-order valence-corrected chi connectivity index (χ2v) is 3.46. The number of halogens is 5. The van der Waals surface area contributed by atoms with Crippen LogP contribution in [0.5, 0.6) is 5.75 Å². The zero-order valence-corrected chi connectivity index (χ0v) is 8.90. The number of aliphatic hydroxyl groups is 1. The molecule has 1 aromatic carbocycles. The van der Waals surface area contributed by atoms with Gasteiger partial charge in [-0.3, -0.25) is 0 Å². The van der Waals surface area contributed by atoms with Gasteiger partial charge in [0.2, 0.25) is 29.1 Å². The molecule has 0 aliphatic rings. The van der Waals surface area contributed by atoms with Crippen LogP contribution in [0, 0.1) is 29.1 Å². The van der Waals surface area contributed by atoms with Crippen molar-refractivity contribution in [1.29, 1.82) is 0 Å². The molecule has 7 heteroatoms. The maximum atomic E-state index is 13.1. The number of aliphatic hydroxyl groups excluding tert-OH is 1. The highest BCUT2D eigenvalue weighted by Gasteiger charge is 2.28. The minimum absolute atomic E-state index is 1.12. The maximum absolute atomic E-state index is 13.1. The van der Waals surface area contributed by atoms with Crippen molar-refractivity contribution >= 4 is 0 Å². The van der Waals surface area contributed by atoms with Crippen LogP contribution in [0.15, 0.2) is 0 Å². The van der Waals surface area contributed by atoms with Crippen molar-refractivity contribution in [2.45, 2.75) is 26.1 Å². The summed E-state index contributed by atoms with van der Waals surface area (Å²) < 4.78 is 68.9. The van der Waals surface area contributed by atoms with Gasteiger partial charge in [-0.25, -0.2) is 13.2 Å². The summed E-state index contributed by atoms with van der Waals surface area (Å²) in [5, 5.41) is 9.03.